The Bertz CT molecular complexity index is 112. The van der Waals surface area contributed by atoms with Crippen LogP contribution in [0, 0.1) is 11.3 Å². The number of hydrogen-bond acceptors (Lipinski definition) is 1. The van der Waals surface area contributed by atoms with Gasteiger partial charge in [-0.1, -0.05) is 27.2 Å². The van der Waals surface area contributed by atoms with Crippen LogP contribution in [0.5, 0.6) is 0 Å². The molecule has 0 aromatic carbocycles. The zero-order chi connectivity index (χ0) is 7.78. The van der Waals surface area contributed by atoms with E-state index in [1.54, 1.807) is 0 Å². The van der Waals surface area contributed by atoms with Crippen molar-refractivity contribution in [1.82, 2.24) is 0 Å². The van der Waals surface area contributed by atoms with Gasteiger partial charge in [0, 0.05) is 0 Å². The highest BCUT2D eigenvalue weighted by Crippen LogP contribution is 2.38. The van der Waals surface area contributed by atoms with Gasteiger partial charge >= 0.3 is 0 Å². The number of rotatable bonds is 0. The lowest BCUT2D eigenvalue weighted by atomic mass is 9.79. The molecule has 0 aromatic heterocycles. The van der Waals surface area contributed by atoms with Gasteiger partial charge in [-0.2, -0.15) is 0 Å². The average Bonchev–Trinajstić information content (AvgIpc) is 2.11. The third kappa shape index (κ3) is 1.51. The van der Waals surface area contributed by atoms with Gasteiger partial charge in [0.25, 0.3) is 0 Å². The van der Waals surface area contributed by atoms with Crippen LogP contribution >= 0.6 is 0 Å². The molecule has 0 amide bonds. The number of aliphatic hydroxyl groups is 1. The molecule has 2 atom stereocenters. The Kier molecular flexibility index (Phi) is 2.04. The van der Waals surface area contributed by atoms with Gasteiger partial charge in [-0.3, -0.25) is 0 Å². The summed E-state index contributed by atoms with van der Waals surface area (Å²) in [4.78, 5) is 0. The summed E-state index contributed by atoms with van der Waals surface area (Å²) in [5, 5.41) is 9.52. The van der Waals surface area contributed by atoms with E-state index in [1.165, 1.54) is 12.8 Å². The van der Waals surface area contributed by atoms with Crippen molar-refractivity contribution in [1.29, 1.82) is 0 Å². The second-order valence-electron chi connectivity index (χ2n) is 4.47. The molecule has 0 saturated heterocycles. The van der Waals surface area contributed by atoms with Crippen molar-refractivity contribution in [2.24, 2.45) is 11.3 Å². The first kappa shape index (κ1) is 8.06. The molecule has 0 heterocycles. The highest BCUT2D eigenvalue weighted by molar-refractivity contribution is 4.85. The smallest absolute Gasteiger partial charge is 0.0573 e. The van der Waals surface area contributed by atoms with Gasteiger partial charge in [0.1, 0.15) is 0 Å². The molecule has 60 valence electrons. The second-order valence-corrected chi connectivity index (χ2v) is 4.47. The van der Waals surface area contributed by atoms with Crippen LogP contribution < -0.4 is 0 Å². The van der Waals surface area contributed by atoms with Crippen molar-refractivity contribution in [2.45, 2.75) is 46.1 Å². The molecule has 1 nitrogen and oxygen atoms in total. The van der Waals surface area contributed by atoms with E-state index >= 15 is 0 Å². The zero-order valence-electron chi connectivity index (χ0n) is 7.22. The van der Waals surface area contributed by atoms with E-state index in [9.17, 15) is 5.11 Å². The molecule has 0 unspecified atom stereocenters. The fraction of sp³-hybridized carbons (Fsp3) is 1.00. The van der Waals surface area contributed by atoms with Gasteiger partial charge in [-0.25, -0.2) is 0 Å². The van der Waals surface area contributed by atoms with E-state index < -0.39 is 0 Å². The largest absolute Gasteiger partial charge is 0.393 e. The summed E-state index contributed by atoms with van der Waals surface area (Å²) in [5.74, 6) is 0.535. The fourth-order valence-corrected chi connectivity index (χ4v) is 1.95. The SMILES string of the molecule is CC(C)(C)[C@H]1CCC[C@H]1O. The van der Waals surface area contributed by atoms with E-state index in [-0.39, 0.29) is 6.10 Å². The van der Waals surface area contributed by atoms with E-state index in [1.807, 2.05) is 0 Å². The first-order valence-electron chi connectivity index (χ1n) is 4.20. The quantitative estimate of drug-likeness (QED) is 0.549. The Balaban J connectivity index is 2.55. The molecule has 1 N–H and O–H groups in total. The summed E-state index contributed by atoms with van der Waals surface area (Å²) in [5.41, 5.74) is 0.302. The Labute approximate surface area is 63.4 Å². The summed E-state index contributed by atoms with van der Waals surface area (Å²) in [7, 11) is 0. The van der Waals surface area contributed by atoms with Gasteiger partial charge in [0.05, 0.1) is 6.10 Å². The van der Waals surface area contributed by atoms with Crippen molar-refractivity contribution in [3.05, 3.63) is 0 Å². The molecule has 1 aliphatic carbocycles. The second kappa shape index (κ2) is 2.54. The van der Waals surface area contributed by atoms with Crippen LogP contribution in [0.15, 0.2) is 0 Å². The minimum Gasteiger partial charge on any atom is -0.393 e. The molecule has 1 fully saturated rings. The summed E-state index contributed by atoms with van der Waals surface area (Å²) in [6, 6.07) is 0. The lowest BCUT2D eigenvalue weighted by molar-refractivity contribution is 0.0684. The van der Waals surface area contributed by atoms with E-state index in [4.69, 9.17) is 0 Å². The molecular weight excluding hydrogens is 124 g/mol. The first-order chi connectivity index (χ1) is 4.52. The van der Waals surface area contributed by atoms with Crippen LogP contribution in [0.3, 0.4) is 0 Å². The Hall–Kier alpha value is -0.0400. The zero-order valence-corrected chi connectivity index (χ0v) is 7.22. The first-order valence-corrected chi connectivity index (χ1v) is 4.20. The third-order valence-corrected chi connectivity index (χ3v) is 2.59. The van der Waals surface area contributed by atoms with Crippen molar-refractivity contribution in [2.75, 3.05) is 0 Å². The van der Waals surface area contributed by atoms with Crippen molar-refractivity contribution in [3.63, 3.8) is 0 Å². The Morgan fingerprint density at radius 3 is 2.00 bits per heavy atom. The normalized spacial score (nSPS) is 34.8. The summed E-state index contributed by atoms with van der Waals surface area (Å²) in [6.45, 7) is 6.64. The maximum absolute atomic E-state index is 9.52. The molecule has 0 aromatic rings. The van der Waals surface area contributed by atoms with Crippen LogP contribution in [0.2, 0.25) is 0 Å². The molecule has 0 spiro atoms. The minimum atomic E-state index is -0.0278. The van der Waals surface area contributed by atoms with Crippen molar-refractivity contribution in [3.8, 4) is 0 Å². The van der Waals surface area contributed by atoms with Crippen LogP contribution in [-0.2, 0) is 0 Å². The lowest BCUT2D eigenvalue weighted by Gasteiger charge is -2.29. The van der Waals surface area contributed by atoms with Crippen molar-refractivity contribution >= 4 is 0 Å². The van der Waals surface area contributed by atoms with E-state index in [0.717, 1.165) is 6.42 Å². The fourth-order valence-electron chi connectivity index (χ4n) is 1.95. The van der Waals surface area contributed by atoms with Crippen LogP contribution in [0.4, 0.5) is 0 Å². The standard InChI is InChI=1S/C9H18O/c1-9(2,3)7-5-4-6-8(7)10/h7-8,10H,4-6H2,1-3H3/t7-,8+/m0/s1. The maximum Gasteiger partial charge on any atom is 0.0573 e. The summed E-state index contributed by atoms with van der Waals surface area (Å²) < 4.78 is 0. The minimum absolute atomic E-state index is 0.0278. The summed E-state index contributed by atoms with van der Waals surface area (Å²) >= 11 is 0. The molecule has 1 aliphatic rings. The van der Waals surface area contributed by atoms with E-state index in [0.29, 0.717) is 11.3 Å². The Morgan fingerprint density at radius 2 is 1.80 bits per heavy atom. The number of hydrogen-bond donors (Lipinski definition) is 1. The van der Waals surface area contributed by atoms with Crippen LogP contribution in [-0.4, -0.2) is 11.2 Å². The molecule has 0 bridgehead atoms. The van der Waals surface area contributed by atoms with Gasteiger partial charge in [-0.15, -0.1) is 0 Å². The predicted octanol–water partition coefficient (Wildman–Crippen LogP) is 2.19. The van der Waals surface area contributed by atoms with Crippen LogP contribution in [0.25, 0.3) is 0 Å². The molecule has 1 heteroatoms. The monoisotopic (exact) mass is 142 g/mol. The molecule has 1 rings (SSSR count). The molecule has 1 saturated carbocycles. The third-order valence-electron chi connectivity index (χ3n) is 2.59. The Morgan fingerprint density at radius 1 is 1.20 bits per heavy atom. The lowest BCUT2D eigenvalue weighted by Crippen LogP contribution is -2.27. The molecule has 0 aliphatic heterocycles. The van der Waals surface area contributed by atoms with E-state index in [2.05, 4.69) is 20.8 Å². The van der Waals surface area contributed by atoms with Gasteiger partial charge in [-0.05, 0) is 24.2 Å². The van der Waals surface area contributed by atoms with Gasteiger partial charge in [0.2, 0.25) is 0 Å². The highest BCUT2D eigenvalue weighted by atomic mass is 16.3. The van der Waals surface area contributed by atoms with Gasteiger partial charge < -0.3 is 5.11 Å². The predicted molar refractivity (Wildman–Crippen MR) is 42.8 cm³/mol. The number of aliphatic hydroxyl groups excluding tert-OH is 1. The van der Waals surface area contributed by atoms with Crippen molar-refractivity contribution < 1.29 is 5.11 Å². The topological polar surface area (TPSA) is 20.2 Å². The van der Waals surface area contributed by atoms with Gasteiger partial charge in [0.15, 0.2) is 0 Å². The highest BCUT2D eigenvalue weighted by Gasteiger charge is 2.34. The summed E-state index contributed by atoms with van der Waals surface area (Å²) in [6.07, 6.45) is 3.41. The maximum atomic E-state index is 9.52. The molecule has 0 radical (unpaired) electrons. The van der Waals surface area contributed by atoms with Crippen LogP contribution in [0.1, 0.15) is 40.0 Å². The molecular formula is C9H18O. The molecule has 10 heavy (non-hydrogen) atoms. The average molecular weight is 142 g/mol.